The number of pyridine rings is 1. The standard InChI is InChI=1S/C17H27N3O6S/c1-12(2)7-13(9-18)8-16(21)26-11-15(27(23,24)25)20-6-4-5-14(10-20)17(22)19-3/h4-6,10,12-13,15H,7-9,11,18H2,1-3H3,(H-,19,22,23,24,25)/p+1/t13?,15-/m0/s1. The van der Waals surface area contributed by atoms with Crippen molar-refractivity contribution in [2.24, 2.45) is 17.6 Å². The smallest absolute Gasteiger partial charge is 0.333 e. The van der Waals surface area contributed by atoms with Crippen LogP contribution in [0, 0.1) is 11.8 Å². The van der Waals surface area contributed by atoms with Crippen molar-refractivity contribution in [3.8, 4) is 0 Å². The Labute approximate surface area is 159 Å². The van der Waals surface area contributed by atoms with E-state index in [-0.39, 0.29) is 17.9 Å². The first-order valence-electron chi connectivity index (χ1n) is 8.63. The molecule has 0 saturated heterocycles. The highest BCUT2D eigenvalue weighted by atomic mass is 32.2. The third-order valence-corrected chi connectivity index (χ3v) is 5.04. The van der Waals surface area contributed by atoms with Gasteiger partial charge in [0.2, 0.25) is 0 Å². The number of esters is 1. The predicted molar refractivity (Wildman–Crippen MR) is 98.2 cm³/mol. The van der Waals surface area contributed by atoms with Gasteiger partial charge in [-0.25, -0.2) is 0 Å². The summed E-state index contributed by atoms with van der Waals surface area (Å²) >= 11 is 0. The number of aromatic nitrogens is 1. The molecule has 0 saturated carbocycles. The molecule has 0 aliphatic carbocycles. The Balaban J connectivity index is 2.89. The van der Waals surface area contributed by atoms with Crippen molar-refractivity contribution in [3.63, 3.8) is 0 Å². The van der Waals surface area contributed by atoms with Crippen LogP contribution in [0.4, 0.5) is 0 Å². The number of hydrogen-bond acceptors (Lipinski definition) is 6. The lowest BCUT2D eigenvalue weighted by Crippen LogP contribution is -2.47. The molecule has 27 heavy (non-hydrogen) atoms. The van der Waals surface area contributed by atoms with Crippen molar-refractivity contribution in [1.29, 1.82) is 0 Å². The molecule has 152 valence electrons. The summed E-state index contributed by atoms with van der Waals surface area (Å²) in [5.74, 6) is -0.719. The molecule has 0 spiro atoms. The monoisotopic (exact) mass is 402 g/mol. The van der Waals surface area contributed by atoms with Crippen LogP contribution >= 0.6 is 0 Å². The molecule has 1 aromatic rings. The molecule has 0 aliphatic rings. The average Bonchev–Trinajstić information content (AvgIpc) is 2.59. The first kappa shape index (κ1) is 23.0. The number of rotatable bonds is 10. The third-order valence-electron chi connectivity index (χ3n) is 3.97. The van der Waals surface area contributed by atoms with Crippen molar-refractivity contribution >= 4 is 22.0 Å². The molecule has 1 heterocycles. The Morgan fingerprint density at radius 2 is 2.04 bits per heavy atom. The van der Waals surface area contributed by atoms with Crippen LogP contribution in [0.3, 0.4) is 0 Å². The van der Waals surface area contributed by atoms with Gasteiger partial charge in [0.1, 0.15) is 5.56 Å². The van der Waals surface area contributed by atoms with Crippen LogP contribution in [0.5, 0.6) is 0 Å². The lowest BCUT2D eigenvalue weighted by Gasteiger charge is -2.16. The fraction of sp³-hybridized carbons (Fsp3) is 0.588. The zero-order valence-corrected chi connectivity index (χ0v) is 16.6. The molecule has 0 fully saturated rings. The number of carbonyl (C=O) groups is 2. The van der Waals surface area contributed by atoms with E-state index in [9.17, 15) is 22.6 Å². The van der Waals surface area contributed by atoms with Gasteiger partial charge >= 0.3 is 21.5 Å². The molecule has 1 aromatic heterocycles. The van der Waals surface area contributed by atoms with Gasteiger partial charge in [-0.2, -0.15) is 13.0 Å². The normalized spacial score (nSPS) is 13.9. The molecule has 0 radical (unpaired) electrons. The summed E-state index contributed by atoms with van der Waals surface area (Å²) < 4.78 is 39.2. The Bertz CT molecular complexity index is 751. The molecular formula is C17H28N3O6S+. The van der Waals surface area contributed by atoms with E-state index in [4.69, 9.17) is 10.5 Å². The topological polar surface area (TPSA) is 140 Å². The number of nitrogens with two attached hydrogens (primary N) is 1. The number of amides is 1. The molecular weight excluding hydrogens is 374 g/mol. The summed E-state index contributed by atoms with van der Waals surface area (Å²) in [7, 11) is -3.15. The summed E-state index contributed by atoms with van der Waals surface area (Å²) in [5, 5.41) is 0.856. The largest absolute Gasteiger partial charge is 0.457 e. The van der Waals surface area contributed by atoms with E-state index in [1.54, 1.807) is 0 Å². The van der Waals surface area contributed by atoms with Gasteiger partial charge in [0, 0.05) is 19.5 Å². The molecule has 0 aromatic carbocycles. The van der Waals surface area contributed by atoms with Gasteiger partial charge in [-0.15, -0.1) is 0 Å². The SMILES string of the molecule is CNC(=O)c1ccc[n+]([C@H](COC(=O)CC(CN)CC(C)C)S(=O)(=O)O)c1. The second-order valence-corrected chi connectivity index (χ2v) is 8.28. The van der Waals surface area contributed by atoms with Crippen molar-refractivity contribution in [3.05, 3.63) is 30.1 Å². The molecule has 9 nitrogen and oxygen atoms in total. The molecule has 0 aliphatic heterocycles. The van der Waals surface area contributed by atoms with Gasteiger partial charge in [-0.05, 0) is 30.9 Å². The Hall–Kier alpha value is -2.04. The Kier molecular flexibility index (Phi) is 8.80. The van der Waals surface area contributed by atoms with Crippen LogP contribution in [0.25, 0.3) is 0 Å². The van der Waals surface area contributed by atoms with Gasteiger partial charge < -0.3 is 15.8 Å². The minimum atomic E-state index is -4.59. The maximum absolute atomic E-state index is 12.1. The highest BCUT2D eigenvalue weighted by Gasteiger charge is 2.34. The van der Waals surface area contributed by atoms with Gasteiger partial charge in [-0.1, -0.05) is 13.8 Å². The van der Waals surface area contributed by atoms with Crippen molar-refractivity contribution in [2.75, 3.05) is 20.2 Å². The highest BCUT2D eigenvalue weighted by molar-refractivity contribution is 7.85. The summed E-state index contributed by atoms with van der Waals surface area (Å²) in [5.41, 5.74) is 5.85. The van der Waals surface area contributed by atoms with E-state index < -0.39 is 34.0 Å². The number of hydrogen-bond donors (Lipinski definition) is 3. The Morgan fingerprint density at radius 3 is 2.56 bits per heavy atom. The van der Waals surface area contributed by atoms with E-state index in [1.165, 1.54) is 31.6 Å². The van der Waals surface area contributed by atoms with Gasteiger partial charge in [0.15, 0.2) is 19.0 Å². The molecule has 1 unspecified atom stereocenters. The quantitative estimate of drug-likeness (QED) is 0.290. The summed E-state index contributed by atoms with van der Waals surface area (Å²) in [6, 6.07) is 2.94. The first-order chi connectivity index (χ1) is 12.6. The minimum absolute atomic E-state index is 0.0640. The van der Waals surface area contributed by atoms with Crippen molar-refractivity contribution in [2.45, 2.75) is 32.1 Å². The summed E-state index contributed by atoms with van der Waals surface area (Å²) in [6.07, 6.45) is 3.43. The van der Waals surface area contributed by atoms with E-state index in [2.05, 4.69) is 5.32 Å². The lowest BCUT2D eigenvalue weighted by atomic mass is 9.94. The van der Waals surface area contributed by atoms with Crippen molar-refractivity contribution in [1.82, 2.24) is 5.32 Å². The third kappa shape index (κ3) is 7.61. The lowest BCUT2D eigenvalue weighted by molar-refractivity contribution is -0.703. The van der Waals surface area contributed by atoms with Crippen LogP contribution in [0.1, 0.15) is 42.4 Å². The molecule has 1 amide bonds. The number of ether oxygens (including phenoxy) is 1. The highest BCUT2D eigenvalue weighted by Crippen LogP contribution is 2.16. The van der Waals surface area contributed by atoms with Gasteiger partial charge in [0.05, 0.1) is 0 Å². The van der Waals surface area contributed by atoms with Crippen LogP contribution in [-0.4, -0.2) is 45.0 Å². The van der Waals surface area contributed by atoms with Crippen LogP contribution in [-0.2, 0) is 19.6 Å². The first-order valence-corrected chi connectivity index (χ1v) is 10.1. The fourth-order valence-corrected chi connectivity index (χ4v) is 3.34. The average molecular weight is 402 g/mol. The zero-order chi connectivity index (χ0) is 20.6. The van der Waals surface area contributed by atoms with E-state index in [0.717, 1.165) is 11.0 Å². The summed E-state index contributed by atoms with van der Waals surface area (Å²) in [6.45, 7) is 3.76. The fourth-order valence-electron chi connectivity index (χ4n) is 2.66. The van der Waals surface area contributed by atoms with Crippen LogP contribution in [0.15, 0.2) is 24.5 Å². The maximum atomic E-state index is 12.1. The number of nitrogens with zero attached hydrogens (tertiary/aromatic N) is 1. The van der Waals surface area contributed by atoms with E-state index >= 15 is 0 Å². The minimum Gasteiger partial charge on any atom is -0.457 e. The Morgan fingerprint density at radius 1 is 1.37 bits per heavy atom. The molecule has 0 bridgehead atoms. The molecule has 10 heteroatoms. The van der Waals surface area contributed by atoms with Crippen LogP contribution in [0.2, 0.25) is 0 Å². The summed E-state index contributed by atoms with van der Waals surface area (Å²) in [4.78, 5) is 23.8. The predicted octanol–water partition coefficient (Wildman–Crippen LogP) is 0.274. The number of carbonyl (C=O) groups excluding carboxylic acids is 2. The molecule has 1 rings (SSSR count). The van der Waals surface area contributed by atoms with E-state index in [0.29, 0.717) is 12.5 Å². The number of nitrogens with one attached hydrogen (secondary N) is 1. The molecule has 2 atom stereocenters. The van der Waals surface area contributed by atoms with Crippen LogP contribution < -0.4 is 15.6 Å². The van der Waals surface area contributed by atoms with Gasteiger partial charge in [-0.3, -0.25) is 14.1 Å². The zero-order valence-electron chi connectivity index (χ0n) is 15.8. The maximum Gasteiger partial charge on any atom is 0.333 e. The molecule has 4 N–H and O–H groups in total. The van der Waals surface area contributed by atoms with Crippen molar-refractivity contribution < 1.29 is 31.9 Å². The van der Waals surface area contributed by atoms with E-state index in [1.807, 2.05) is 13.8 Å². The second-order valence-electron chi connectivity index (χ2n) is 6.71. The van der Waals surface area contributed by atoms with Gasteiger partial charge in [0.25, 0.3) is 5.91 Å². The second kappa shape index (κ2) is 10.3.